The number of hydrogen-bond donors (Lipinski definition) is 1. The molecule has 1 amide bonds. The summed E-state index contributed by atoms with van der Waals surface area (Å²) >= 11 is 0. The van der Waals surface area contributed by atoms with E-state index in [1.54, 1.807) is 12.4 Å². The lowest BCUT2D eigenvalue weighted by Crippen LogP contribution is -2.26. The Morgan fingerprint density at radius 1 is 1.17 bits per heavy atom. The van der Waals surface area contributed by atoms with Crippen molar-refractivity contribution < 1.29 is 9.18 Å². The molecule has 0 aliphatic carbocycles. The molecule has 1 heterocycles. The lowest BCUT2D eigenvalue weighted by molar-refractivity contribution is 0.0940. The average Bonchev–Trinajstić information content (AvgIpc) is 2.40. The number of carbonyl (C=O) groups is 1. The van der Waals surface area contributed by atoms with Crippen LogP contribution >= 0.6 is 0 Å². The highest BCUT2D eigenvalue weighted by Crippen LogP contribution is 2.11. The smallest absolute Gasteiger partial charge is 0.251 e. The average molecular weight is 244 g/mol. The lowest BCUT2D eigenvalue weighted by atomic mass is 10.1. The summed E-state index contributed by atoms with van der Waals surface area (Å²) in [6.45, 7) is 1.89. The molecule has 1 N–H and O–H groups in total. The van der Waals surface area contributed by atoms with Crippen molar-refractivity contribution in [2.75, 3.05) is 0 Å². The molecule has 0 aliphatic heterocycles. The number of aromatic nitrogens is 1. The van der Waals surface area contributed by atoms with Crippen molar-refractivity contribution in [3.8, 4) is 0 Å². The van der Waals surface area contributed by atoms with Crippen LogP contribution in [0, 0.1) is 5.82 Å². The van der Waals surface area contributed by atoms with Gasteiger partial charge in [-0.05, 0) is 48.9 Å². The van der Waals surface area contributed by atoms with Crippen LogP contribution in [0.3, 0.4) is 0 Å². The molecular formula is C14H13FN2O. The highest BCUT2D eigenvalue weighted by molar-refractivity contribution is 5.94. The maximum Gasteiger partial charge on any atom is 0.251 e. The van der Waals surface area contributed by atoms with Crippen LogP contribution in [0.15, 0.2) is 48.8 Å². The van der Waals surface area contributed by atoms with Crippen LogP contribution in [-0.2, 0) is 0 Å². The molecular weight excluding hydrogens is 231 g/mol. The highest BCUT2D eigenvalue weighted by Gasteiger charge is 2.10. The molecule has 18 heavy (non-hydrogen) atoms. The van der Waals surface area contributed by atoms with Crippen LogP contribution in [0.1, 0.15) is 28.9 Å². The highest BCUT2D eigenvalue weighted by atomic mass is 19.1. The van der Waals surface area contributed by atoms with Gasteiger partial charge in [-0.1, -0.05) is 0 Å². The van der Waals surface area contributed by atoms with Crippen LogP contribution < -0.4 is 5.32 Å². The fraction of sp³-hybridized carbons (Fsp3) is 0.143. The van der Waals surface area contributed by atoms with Crippen molar-refractivity contribution in [2.45, 2.75) is 13.0 Å². The Morgan fingerprint density at radius 2 is 1.78 bits per heavy atom. The number of hydrogen-bond acceptors (Lipinski definition) is 2. The molecule has 1 aromatic carbocycles. The Labute approximate surface area is 105 Å². The van der Waals surface area contributed by atoms with E-state index < -0.39 is 0 Å². The molecule has 1 unspecified atom stereocenters. The van der Waals surface area contributed by atoms with Gasteiger partial charge in [0.25, 0.3) is 5.91 Å². The van der Waals surface area contributed by atoms with Crippen molar-refractivity contribution in [1.29, 1.82) is 0 Å². The number of nitrogens with zero attached hydrogens (tertiary/aromatic N) is 1. The molecule has 0 radical (unpaired) electrons. The summed E-state index contributed by atoms with van der Waals surface area (Å²) in [6.07, 6.45) is 3.35. The van der Waals surface area contributed by atoms with Gasteiger partial charge in [-0.2, -0.15) is 0 Å². The van der Waals surface area contributed by atoms with Gasteiger partial charge in [0.1, 0.15) is 5.82 Å². The predicted molar refractivity (Wildman–Crippen MR) is 66.5 cm³/mol. The first kappa shape index (κ1) is 12.2. The van der Waals surface area contributed by atoms with E-state index in [-0.39, 0.29) is 17.8 Å². The Hall–Kier alpha value is -2.23. The molecule has 1 atom stereocenters. The zero-order valence-corrected chi connectivity index (χ0v) is 9.93. The summed E-state index contributed by atoms with van der Waals surface area (Å²) < 4.78 is 12.7. The van der Waals surface area contributed by atoms with Gasteiger partial charge in [0.15, 0.2) is 0 Å². The van der Waals surface area contributed by atoms with E-state index in [1.165, 1.54) is 24.3 Å². The van der Waals surface area contributed by atoms with Crippen molar-refractivity contribution in [3.63, 3.8) is 0 Å². The second-order valence-corrected chi connectivity index (χ2v) is 3.98. The van der Waals surface area contributed by atoms with E-state index >= 15 is 0 Å². The number of amides is 1. The summed E-state index contributed by atoms with van der Waals surface area (Å²) in [5.41, 5.74) is 1.41. The van der Waals surface area contributed by atoms with Crippen molar-refractivity contribution >= 4 is 5.91 Å². The third-order valence-electron chi connectivity index (χ3n) is 2.66. The fourth-order valence-corrected chi connectivity index (χ4v) is 1.62. The molecule has 0 fully saturated rings. The minimum atomic E-state index is -0.353. The van der Waals surface area contributed by atoms with Crippen LogP contribution in [0.2, 0.25) is 0 Å². The molecule has 3 nitrogen and oxygen atoms in total. The summed E-state index contributed by atoms with van der Waals surface area (Å²) in [7, 11) is 0. The minimum Gasteiger partial charge on any atom is -0.346 e. The molecule has 1 aromatic heterocycles. The molecule has 0 bridgehead atoms. The minimum absolute atomic E-state index is 0.120. The number of carbonyl (C=O) groups excluding carboxylic acids is 1. The number of pyridine rings is 1. The molecule has 0 saturated heterocycles. The topological polar surface area (TPSA) is 42.0 Å². The molecule has 92 valence electrons. The molecule has 0 aliphatic rings. The molecule has 4 heteroatoms. The third kappa shape index (κ3) is 2.91. The largest absolute Gasteiger partial charge is 0.346 e. The van der Waals surface area contributed by atoms with Gasteiger partial charge in [-0.3, -0.25) is 9.78 Å². The summed E-state index contributed by atoms with van der Waals surface area (Å²) in [5, 5.41) is 2.84. The summed E-state index contributed by atoms with van der Waals surface area (Å²) in [6, 6.07) is 9.03. The van der Waals surface area contributed by atoms with Crippen molar-refractivity contribution in [2.24, 2.45) is 0 Å². The quantitative estimate of drug-likeness (QED) is 0.902. The Morgan fingerprint density at radius 3 is 2.39 bits per heavy atom. The Kier molecular flexibility index (Phi) is 3.67. The first-order valence-corrected chi connectivity index (χ1v) is 5.63. The van der Waals surface area contributed by atoms with Crippen LogP contribution in [0.5, 0.6) is 0 Å². The Bertz CT molecular complexity index is 525. The van der Waals surface area contributed by atoms with E-state index in [4.69, 9.17) is 0 Å². The van der Waals surface area contributed by atoms with E-state index in [0.29, 0.717) is 5.56 Å². The van der Waals surface area contributed by atoms with Crippen LogP contribution in [0.25, 0.3) is 0 Å². The second-order valence-electron chi connectivity index (χ2n) is 3.98. The predicted octanol–water partition coefficient (Wildman–Crippen LogP) is 2.71. The van der Waals surface area contributed by atoms with E-state index in [2.05, 4.69) is 10.3 Å². The van der Waals surface area contributed by atoms with E-state index in [0.717, 1.165) is 5.56 Å². The van der Waals surface area contributed by atoms with Gasteiger partial charge in [-0.25, -0.2) is 4.39 Å². The lowest BCUT2D eigenvalue weighted by Gasteiger charge is -2.13. The number of halogens is 1. The molecule has 2 aromatic rings. The van der Waals surface area contributed by atoms with E-state index in [1.807, 2.05) is 19.1 Å². The van der Waals surface area contributed by atoms with Crippen molar-refractivity contribution in [1.82, 2.24) is 10.3 Å². The van der Waals surface area contributed by atoms with Gasteiger partial charge < -0.3 is 5.32 Å². The monoisotopic (exact) mass is 244 g/mol. The zero-order chi connectivity index (χ0) is 13.0. The van der Waals surface area contributed by atoms with Crippen LogP contribution in [0.4, 0.5) is 4.39 Å². The SMILES string of the molecule is CC(NC(=O)c1ccc(F)cc1)c1ccncc1. The molecule has 2 rings (SSSR count). The summed E-state index contributed by atoms with van der Waals surface area (Å²) in [5.74, 6) is -0.576. The molecule has 0 saturated carbocycles. The van der Waals surface area contributed by atoms with Gasteiger partial charge >= 0.3 is 0 Å². The van der Waals surface area contributed by atoms with Gasteiger partial charge in [0.2, 0.25) is 0 Å². The third-order valence-corrected chi connectivity index (χ3v) is 2.66. The van der Waals surface area contributed by atoms with E-state index in [9.17, 15) is 9.18 Å². The van der Waals surface area contributed by atoms with Crippen molar-refractivity contribution in [3.05, 3.63) is 65.7 Å². The Balaban J connectivity index is 2.06. The molecule has 0 spiro atoms. The van der Waals surface area contributed by atoms with Crippen LogP contribution in [-0.4, -0.2) is 10.9 Å². The maximum absolute atomic E-state index is 12.7. The standard InChI is InChI=1S/C14H13FN2O/c1-10(11-6-8-16-9-7-11)17-14(18)12-2-4-13(15)5-3-12/h2-10H,1H3,(H,17,18). The number of nitrogens with one attached hydrogen (secondary N) is 1. The van der Waals surface area contributed by atoms with Gasteiger partial charge in [0.05, 0.1) is 6.04 Å². The first-order valence-electron chi connectivity index (χ1n) is 5.63. The normalized spacial score (nSPS) is 11.9. The first-order chi connectivity index (χ1) is 8.66. The fourth-order valence-electron chi connectivity index (χ4n) is 1.62. The summed E-state index contributed by atoms with van der Waals surface area (Å²) in [4.78, 5) is 15.8. The number of benzene rings is 1. The number of rotatable bonds is 3. The van der Waals surface area contributed by atoms with Gasteiger partial charge in [-0.15, -0.1) is 0 Å². The van der Waals surface area contributed by atoms with Gasteiger partial charge in [0, 0.05) is 18.0 Å². The maximum atomic E-state index is 12.7. The zero-order valence-electron chi connectivity index (χ0n) is 9.93. The second kappa shape index (κ2) is 5.40.